The van der Waals surface area contributed by atoms with Crippen LogP contribution in [0.4, 0.5) is 5.82 Å². The summed E-state index contributed by atoms with van der Waals surface area (Å²) in [5.41, 5.74) is 2.73. The SMILES string of the molecule is CCn1c(-c2cnc(C)nc2)nc2c(=O)[nH]cnc21.Cc1ccnc(N2CCCC2)c1. The summed E-state index contributed by atoms with van der Waals surface area (Å²) in [7, 11) is 0. The van der Waals surface area contributed by atoms with Crippen molar-refractivity contribution in [1.82, 2.24) is 34.5 Å². The van der Waals surface area contributed by atoms with Gasteiger partial charge in [-0.2, -0.15) is 0 Å². The maximum absolute atomic E-state index is 11.7. The third-order valence-electron chi connectivity index (χ3n) is 5.22. The van der Waals surface area contributed by atoms with Crippen molar-refractivity contribution in [1.29, 1.82) is 0 Å². The molecule has 0 aromatic carbocycles. The number of pyridine rings is 1. The number of hydrogen-bond acceptors (Lipinski definition) is 7. The summed E-state index contributed by atoms with van der Waals surface area (Å²) in [6, 6.07) is 4.20. The number of hydrogen-bond donors (Lipinski definition) is 1. The van der Waals surface area contributed by atoms with Gasteiger partial charge in [-0.05, 0) is 51.3 Å². The lowest BCUT2D eigenvalue weighted by Gasteiger charge is -2.15. The van der Waals surface area contributed by atoms with Gasteiger partial charge in [0.15, 0.2) is 11.2 Å². The average molecular weight is 419 g/mol. The number of aryl methyl sites for hydroxylation is 3. The van der Waals surface area contributed by atoms with Crippen molar-refractivity contribution >= 4 is 17.0 Å². The number of aromatic amines is 1. The summed E-state index contributed by atoms with van der Waals surface area (Å²) in [5.74, 6) is 2.49. The molecule has 1 N–H and O–H groups in total. The number of nitrogens with one attached hydrogen (secondary N) is 1. The van der Waals surface area contributed by atoms with Gasteiger partial charge in [0.25, 0.3) is 5.56 Å². The van der Waals surface area contributed by atoms with Gasteiger partial charge >= 0.3 is 0 Å². The summed E-state index contributed by atoms with van der Waals surface area (Å²) in [6.45, 7) is 8.92. The maximum Gasteiger partial charge on any atom is 0.278 e. The number of anilines is 1. The van der Waals surface area contributed by atoms with Crippen LogP contribution in [0.3, 0.4) is 0 Å². The molecule has 1 fully saturated rings. The Morgan fingerprint density at radius 1 is 1.06 bits per heavy atom. The van der Waals surface area contributed by atoms with Gasteiger partial charge in [-0.25, -0.2) is 24.9 Å². The molecule has 0 amide bonds. The first-order valence-corrected chi connectivity index (χ1v) is 10.5. The van der Waals surface area contributed by atoms with E-state index in [0.717, 1.165) is 11.4 Å². The highest BCUT2D eigenvalue weighted by Gasteiger charge is 2.15. The zero-order valence-electron chi connectivity index (χ0n) is 18.0. The molecule has 9 nitrogen and oxygen atoms in total. The van der Waals surface area contributed by atoms with Crippen molar-refractivity contribution in [3.8, 4) is 11.4 Å². The summed E-state index contributed by atoms with van der Waals surface area (Å²) in [4.78, 5) is 37.8. The van der Waals surface area contributed by atoms with Crippen LogP contribution < -0.4 is 10.5 Å². The third kappa shape index (κ3) is 4.45. The highest BCUT2D eigenvalue weighted by Crippen LogP contribution is 2.20. The zero-order chi connectivity index (χ0) is 21.8. The van der Waals surface area contributed by atoms with Crippen molar-refractivity contribution in [3.63, 3.8) is 0 Å². The molecule has 0 aliphatic carbocycles. The van der Waals surface area contributed by atoms with Gasteiger partial charge in [-0.15, -0.1) is 0 Å². The minimum absolute atomic E-state index is 0.244. The molecule has 5 heterocycles. The number of aromatic nitrogens is 7. The number of imidazole rings is 1. The quantitative estimate of drug-likeness (QED) is 0.545. The topological polar surface area (TPSA) is 105 Å². The van der Waals surface area contributed by atoms with Crippen molar-refractivity contribution in [3.05, 3.63) is 58.8 Å². The minimum atomic E-state index is -0.244. The Hall–Kier alpha value is -3.62. The van der Waals surface area contributed by atoms with Crippen molar-refractivity contribution in [2.45, 2.75) is 40.2 Å². The molecule has 0 unspecified atom stereocenters. The van der Waals surface area contributed by atoms with E-state index in [9.17, 15) is 4.79 Å². The van der Waals surface area contributed by atoms with E-state index in [1.807, 2.05) is 30.7 Å². The first kappa shape index (κ1) is 20.6. The van der Waals surface area contributed by atoms with Crippen molar-refractivity contribution in [2.24, 2.45) is 0 Å². The number of nitrogens with zero attached hydrogens (tertiary/aromatic N) is 7. The molecule has 4 aromatic rings. The molecule has 1 saturated heterocycles. The first-order chi connectivity index (χ1) is 15.1. The summed E-state index contributed by atoms with van der Waals surface area (Å²) < 4.78 is 1.87. The maximum atomic E-state index is 11.7. The molecule has 0 saturated carbocycles. The Kier molecular flexibility index (Phi) is 6.01. The van der Waals surface area contributed by atoms with E-state index in [0.29, 0.717) is 29.4 Å². The van der Waals surface area contributed by atoms with Crippen LogP contribution in [0.5, 0.6) is 0 Å². The number of H-pyrrole nitrogens is 1. The van der Waals surface area contributed by atoms with Crippen molar-refractivity contribution in [2.75, 3.05) is 18.0 Å². The molecule has 0 spiro atoms. The second-order valence-electron chi connectivity index (χ2n) is 7.49. The Balaban J connectivity index is 0.000000166. The van der Waals surface area contributed by atoms with E-state index in [2.05, 4.69) is 47.8 Å². The molecule has 5 rings (SSSR count). The van der Waals surface area contributed by atoms with E-state index in [1.54, 1.807) is 12.4 Å². The van der Waals surface area contributed by atoms with Gasteiger partial charge in [0.05, 0.1) is 11.9 Å². The van der Waals surface area contributed by atoms with Crippen LogP contribution in [0, 0.1) is 13.8 Å². The monoisotopic (exact) mass is 418 g/mol. The Morgan fingerprint density at radius 2 is 1.81 bits per heavy atom. The van der Waals surface area contributed by atoms with Crippen LogP contribution in [0.1, 0.15) is 31.2 Å². The molecule has 0 bridgehead atoms. The first-order valence-electron chi connectivity index (χ1n) is 10.5. The van der Waals surface area contributed by atoms with Gasteiger partial charge in [-0.3, -0.25) is 4.79 Å². The molecular formula is C22H26N8O. The van der Waals surface area contributed by atoms with Crippen LogP contribution in [-0.4, -0.2) is 47.6 Å². The molecule has 4 aromatic heterocycles. The van der Waals surface area contributed by atoms with E-state index in [-0.39, 0.29) is 5.56 Å². The van der Waals surface area contributed by atoms with Gasteiger partial charge in [0, 0.05) is 38.2 Å². The Labute approximate surface area is 180 Å². The molecular weight excluding hydrogens is 392 g/mol. The molecule has 1 aliphatic rings. The lowest BCUT2D eigenvalue weighted by molar-refractivity contribution is 0.784. The highest BCUT2D eigenvalue weighted by molar-refractivity contribution is 5.75. The average Bonchev–Trinajstić information content (AvgIpc) is 3.44. The van der Waals surface area contributed by atoms with E-state index in [4.69, 9.17) is 0 Å². The van der Waals surface area contributed by atoms with Crippen LogP contribution in [0.2, 0.25) is 0 Å². The fourth-order valence-electron chi connectivity index (χ4n) is 3.62. The summed E-state index contributed by atoms with van der Waals surface area (Å²) in [5, 5.41) is 0. The highest BCUT2D eigenvalue weighted by atomic mass is 16.1. The Bertz CT molecular complexity index is 1220. The van der Waals surface area contributed by atoms with Gasteiger partial charge in [0.2, 0.25) is 0 Å². The van der Waals surface area contributed by atoms with Crippen LogP contribution in [0.25, 0.3) is 22.6 Å². The van der Waals surface area contributed by atoms with Crippen LogP contribution in [-0.2, 0) is 6.54 Å². The van der Waals surface area contributed by atoms with Gasteiger partial charge in [0.1, 0.15) is 17.5 Å². The minimum Gasteiger partial charge on any atom is -0.357 e. The lowest BCUT2D eigenvalue weighted by Crippen LogP contribution is -2.18. The fraction of sp³-hybridized carbons (Fsp3) is 0.364. The second kappa shape index (κ2) is 9.03. The summed E-state index contributed by atoms with van der Waals surface area (Å²) >= 11 is 0. The van der Waals surface area contributed by atoms with Crippen LogP contribution >= 0.6 is 0 Å². The third-order valence-corrected chi connectivity index (χ3v) is 5.22. The Morgan fingerprint density at radius 3 is 2.48 bits per heavy atom. The predicted octanol–water partition coefficient (Wildman–Crippen LogP) is 2.90. The smallest absolute Gasteiger partial charge is 0.278 e. The molecule has 0 radical (unpaired) electrons. The molecule has 1 aliphatic heterocycles. The zero-order valence-corrected chi connectivity index (χ0v) is 18.0. The van der Waals surface area contributed by atoms with Gasteiger partial charge in [-0.1, -0.05) is 0 Å². The van der Waals surface area contributed by atoms with E-state index >= 15 is 0 Å². The number of fused-ring (bicyclic) bond motifs is 1. The summed E-state index contributed by atoms with van der Waals surface area (Å²) in [6.07, 6.45) is 9.30. The van der Waals surface area contributed by atoms with Crippen molar-refractivity contribution < 1.29 is 0 Å². The van der Waals surface area contributed by atoms with E-state index < -0.39 is 0 Å². The molecule has 31 heavy (non-hydrogen) atoms. The van der Waals surface area contributed by atoms with E-state index in [1.165, 1.54) is 37.8 Å². The predicted molar refractivity (Wildman–Crippen MR) is 120 cm³/mol. The molecule has 0 atom stereocenters. The second-order valence-corrected chi connectivity index (χ2v) is 7.49. The number of rotatable bonds is 3. The normalized spacial score (nSPS) is 13.3. The standard InChI is InChI=1S/C12H12N6O.C10H14N2/c1-3-18-10(8-4-13-7(2)14-5-8)17-9-11(18)15-6-16-12(9)19;1-9-4-5-11-10(8-9)12-6-2-3-7-12/h4-6H,3H2,1-2H3,(H,15,16,19);4-5,8H,2-3,6-7H2,1H3. The molecule has 9 heteroatoms. The molecule has 160 valence electrons. The van der Waals surface area contributed by atoms with Crippen LogP contribution in [0.15, 0.2) is 41.8 Å². The lowest BCUT2D eigenvalue weighted by atomic mass is 10.3. The fourth-order valence-corrected chi connectivity index (χ4v) is 3.62. The largest absolute Gasteiger partial charge is 0.357 e. The van der Waals surface area contributed by atoms with Gasteiger partial charge < -0.3 is 14.5 Å².